The van der Waals surface area contributed by atoms with E-state index in [1.165, 1.54) is 0 Å². The average Bonchev–Trinajstić information content (AvgIpc) is 2.85. The molecular formula is C15H18F3NO. The molecule has 2 aliphatic rings. The Balaban J connectivity index is 1.75. The molecule has 1 fully saturated rings. The predicted molar refractivity (Wildman–Crippen MR) is 71.1 cm³/mol. The smallest absolute Gasteiger partial charge is 0.393 e. The van der Waals surface area contributed by atoms with Crippen LogP contribution in [0.5, 0.6) is 5.75 Å². The number of alkyl halides is 3. The lowest BCUT2D eigenvalue weighted by molar-refractivity contribution is -0.184. The van der Waals surface area contributed by atoms with Gasteiger partial charge < -0.3 is 10.1 Å². The molecule has 1 aromatic rings. The van der Waals surface area contributed by atoms with Crippen molar-refractivity contribution in [2.75, 3.05) is 11.9 Å². The fourth-order valence-electron chi connectivity index (χ4n) is 3.19. The third-order valence-corrected chi connectivity index (χ3v) is 4.23. The number of benzene rings is 1. The molecule has 1 N–H and O–H groups in total. The molecule has 110 valence electrons. The molecule has 0 bridgehead atoms. The van der Waals surface area contributed by atoms with E-state index in [0.717, 1.165) is 29.8 Å². The summed E-state index contributed by atoms with van der Waals surface area (Å²) in [7, 11) is 0. The summed E-state index contributed by atoms with van der Waals surface area (Å²) < 4.78 is 44.6. The van der Waals surface area contributed by atoms with Crippen molar-refractivity contribution in [2.24, 2.45) is 5.92 Å². The summed E-state index contributed by atoms with van der Waals surface area (Å²) in [6.45, 7) is 0.660. The monoisotopic (exact) mass is 285 g/mol. The normalized spacial score (nSPS) is 25.9. The minimum absolute atomic E-state index is 0.231. The van der Waals surface area contributed by atoms with Gasteiger partial charge in [0.15, 0.2) is 0 Å². The van der Waals surface area contributed by atoms with Crippen LogP contribution in [0.25, 0.3) is 0 Å². The van der Waals surface area contributed by atoms with Crippen molar-refractivity contribution in [2.45, 2.75) is 44.3 Å². The van der Waals surface area contributed by atoms with Crippen LogP contribution in [0.15, 0.2) is 18.2 Å². The van der Waals surface area contributed by atoms with E-state index in [2.05, 4.69) is 5.32 Å². The molecule has 0 spiro atoms. The van der Waals surface area contributed by atoms with Crippen molar-refractivity contribution in [1.29, 1.82) is 0 Å². The third-order valence-electron chi connectivity index (χ3n) is 4.23. The van der Waals surface area contributed by atoms with Gasteiger partial charge in [-0.2, -0.15) is 13.2 Å². The highest BCUT2D eigenvalue weighted by Gasteiger charge is 2.45. The van der Waals surface area contributed by atoms with Crippen LogP contribution in [0.1, 0.15) is 31.2 Å². The zero-order valence-corrected chi connectivity index (χ0v) is 11.2. The number of nitrogens with one attached hydrogen (secondary N) is 1. The summed E-state index contributed by atoms with van der Waals surface area (Å²) in [5.74, 6) is -0.382. The number of rotatable bonds is 2. The van der Waals surface area contributed by atoms with Crippen LogP contribution in [-0.4, -0.2) is 18.8 Å². The molecule has 0 saturated heterocycles. The Hall–Kier alpha value is -1.39. The van der Waals surface area contributed by atoms with Gasteiger partial charge in [-0.3, -0.25) is 0 Å². The van der Waals surface area contributed by atoms with E-state index >= 15 is 0 Å². The quantitative estimate of drug-likeness (QED) is 0.881. The van der Waals surface area contributed by atoms with Gasteiger partial charge in [-0.25, -0.2) is 0 Å². The fraction of sp³-hybridized carbons (Fsp3) is 0.600. The highest BCUT2D eigenvalue weighted by Crippen LogP contribution is 2.39. The van der Waals surface area contributed by atoms with Crippen molar-refractivity contribution in [1.82, 2.24) is 0 Å². The molecule has 2 nitrogen and oxygen atoms in total. The second kappa shape index (κ2) is 5.19. The van der Waals surface area contributed by atoms with Gasteiger partial charge in [-0.15, -0.1) is 0 Å². The second-order valence-electron chi connectivity index (χ2n) is 5.60. The first-order valence-corrected chi connectivity index (χ1v) is 7.13. The van der Waals surface area contributed by atoms with Gasteiger partial charge in [0.1, 0.15) is 5.75 Å². The maximum absolute atomic E-state index is 13.1. The summed E-state index contributed by atoms with van der Waals surface area (Å²) >= 11 is 0. The Kier molecular flexibility index (Phi) is 3.52. The first kappa shape index (κ1) is 13.6. The Bertz CT molecular complexity index is 486. The lowest BCUT2D eigenvalue weighted by atomic mass is 9.84. The molecule has 1 heterocycles. The topological polar surface area (TPSA) is 21.3 Å². The largest absolute Gasteiger partial charge is 0.493 e. The Morgan fingerprint density at radius 2 is 1.95 bits per heavy atom. The number of hydrogen-bond acceptors (Lipinski definition) is 2. The SMILES string of the molecule is FC(F)(F)C1CCCCC1Nc1ccc2c(c1)CCO2. The Labute approximate surface area is 116 Å². The molecule has 0 aromatic heterocycles. The average molecular weight is 285 g/mol. The van der Waals surface area contributed by atoms with Crippen molar-refractivity contribution < 1.29 is 17.9 Å². The zero-order chi connectivity index (χ0) is 14.2. The second-order valence-corrected chi connectivity index (χ2v) is 5.60. The van der Waals surface area contributed by atoms with Crippen LogP contribution in [0.2, 0.25) is 0 Å². The minimum Gasteiger partial charge on any atom is -0.493 e. The fourth-order valence-corrected chi connectivity index (χ4v) is 3.19. The van der Waals surface area contributed by atoms with Crippen molar-refractivity contribution in [3.63, 3.8) is 0 Å². The van der Waals surface area contributed by atoms with Crippen molar-refractivity contribution in [3.8, 4) is 5.75 Å². The molecule has 0 radical (unpaired) electrons. The lowest BCUT2D eigenvalue weighted by Gasteiger charge is -2.34. The molecule has 2 atom stereocenters. The van der Waals surface area contributed by atoms with E-state index in [1.807, 2.05) is 18.2 Å². The van der Waals surface area contributed by atoms with Gasteiger partial charge in [0, 0.05) is 18.2 Å². The first-order chi connectivity index (χ1) is 9.54. The summed E-state index contributed by atoms with van der Waals surface area (Å²) in [5, 5.41) is 3.09. The molecule has 3 rings (SSSR count). The van der Waals surface area contributed by atoms with Gasteiger partial charge in [0.25, 0.3) is 0 Å². The van der Waals surface area contributed by atoms with Crippen molar-refractivity contribution in [3.05, 3.63) is 23.8 Å². The summed E-state index contributed by atoms with van der Waals surface area (Å²) in [6.07, 6.45) is -0.943. The van der Waals surface area contributed by atoms with Gasteiger partial charge >= 0.3 is 6.18 Å². The lowest BCUT2D eigenvalue weighted by Crippen LogP contribution is -2.41. The molecule has 1 aliphatic carbocycles. The van der Waals surface area contributed by atoms with Crippen LogP contribution in [0, 0.1) is 5.92 Å². The minimum atomic E-state index is -4.11. The zero-order valence-electron chi connectivity index (χ0n) is 11.2. The van der Waals surface area contributed by atoms with Crippen LogP contribution < -0.4 is 10.1 Å². The van der Waals surface area contributed by atoms with E-state index in [9.17, 15) is 13.2 Å². The summed E-state index contributed by atoms with van der Waals surface area (Å²) in [4.78, 5) is 0. The van der Waals surface area contributed by atoms with Crippen LogP contribution in [0.4, 0.5) is 18.9 Å². The third kappa shape index (κ3) is 2.72. The van der Waals surface area contributed by atoms with Gasteiger partial charge in [0.2, 0.25) is 0 Å². The Morgan fingerprint density at radius 1 is 1.15 bits per heavy atom. The predicted octanol–water partition coefficient (Wildman–Crippen LogP) is 4.15. The molecule has 0 amide bonds. The van der Waals surface area contributed by atoms with E-state index in [1.54, 1.807) is 0 Å². The van der Waals surface area contributed by atoms with Crippen molar-refractivity contribution >= 4 is 5.69 Å². The highest BCUT2D eigenvalue weighted by molar-refractivity contribution is 5.53. The molecule has 1 aliphatic heterocycles. The molecular weight excluding hydrogens is 267 g/mol. The van der Waals surface area contributed by atoms with E-state index in [0.29, 0.717) is 19.4 Å². The number of ether oxygens (including phenoxy) is 1. The van der Waals surface area contributed by atoms with Gasteiger partial charge in [-0.1, -0.05) is 12.8 Å². The highest BCUT2D eigenvalue weighted by atomic mass is 19.4. The molecule has 1 aromatic carbocycles. The maximum atomic E-state index is 13.1. The Morgan fingerprint density at radius 3 is 2.75 bits per heavy atom. The van der Waals surface area contributed by atoms with Gasteiger partial charge in [0.05, 0.1) is 12.5 Å². The standard InChI is InChI=1S/C15H18F3NO/c16-15(17,18)12-3-1-2-4-13(12)19-11-5-6-14-10(9-11)7-8-20-14/h5-6,9,12-13,19H,1-4,7-8H2. The first-order valence-electron chi connectivity index (χ1n) is 7.13. The van der Waals surface area contributed by atoms with E-state index in [4.69, 9.17) is 4.74 Å². The number of fused-ring (bicyclic) bond motifs is 1. The number of halogens is 3. The summed E-state index contributed by atoms with van der Waals surface area (Å²) in [5.41, 5.74) is 1.85. The maximum Gasteiger partial charge on any atom is 0.393 e. The molecule has 5 heteroatoms. The molecule has 1 saturated carbocycles. The number of anilines is 1. The van der Waals surface area contributed by atoms with Crippen LogP contribution in [0.3, 0.4) is 0 Å². The molecule has 2 unspecified atom stereocenters. The number of hydrogen-bond donors (Lipinski definition) is 1. The van der Waals surface area contributed by atoms with E-state index in [-0.39, 0.29) is 6.42 Å². The van der Waals surface area contributed by atoms with Crippen LogP contribution in [-0.2, 0) is 6.42 Å². The summed E-state index contributed by atoms with van der Waals surface area (Å²) in [6, 6.07) is 5.07. The van der Waals surface area contributed by atoms with Crippen LogP contribution >= 0.6 is 0 Å². The van der Waals surface area contributed by atoms with E-state index < -0.39 is 18.1 Å². The van der Waals surface area contributed by atoms with Gasteiger partial charge in [-0.05, 0) is 36.6 Å². The molecule has 20 heavy (non-hydrogen) atoms.